The number of nitro groups is 1. The fraction of sp³-hybridized carbons (Fsp3) is 0.100. The number of hydrogen-bond donors (Lipinski definition) is 4. The summed E-state index contributed by atoms with van der Waals surface area (Å²) >= 11 is 0. The zero-order valence-electron chi connectivity index (χ0n) is 9.97. The van der Waals surface area contributed by atoms with E-state index in [2.05, 4.69) is 15.8 Å². The predicted octanol–water partition coefficient (Wildman–Crippen LogP) is 0.864. The second-order valence-corrected chi connectivity index (χ2v) is 3.33. The average Bonchev–Trinajstić information content (AvgIpc) is 2.38. The summed E-state index contributed by atoms with van der Waals surface area (Å²) in [6.07, 6.45) is 0. The van der Waals surface area contributed by atoms with Gasteiger partial charge in [0.25, 0.3) is 5.69 Å². The first-order valence-electron chi connectivity index (χ1n) is 5.04. The first-order valence-corrected chi connectivity index (χ1v) is 5.04. The van der Waals surface area contributed by atoms with E-state index in [1.807, 2.05) is 0 Å². The van der Waals surface area contributed by atoms with Crippen LogP contribution < -0.4 is 16.5 Å². The van der Waals surface area contributed by atoms with Gasteiger partial charge in [-0.3, -0.25) is 20.9 Å². The first-order chi connectivity index (χ1) is 8.99. The minimum atomic E-state index is -0.551. The number of hydrazone groups is 1. The molecule has 0 fully saturated rings. The van der Waals surface area contributed by atoms with Crippen molar-refractivity contribution < 1.29 is 4.92 Å². The van der Waals surface area contributed by atoms with Crippen LogP contribution >= 0.6 is 0 Å². The molecule has 0 aliphatic carbocycles. The van der Waals surface area contributed by atoms with E-state index in [-0.39, 0.29) is 11.4 Å². The van der Waals surface area contributed by atoms with Gasteiger partial charge in [0, 0.05) is 19.2 Å². The number of rotatable bonds is 5. The van der Waals surface area contributed by atoms with Crippen molar-refractivity contribution in [3.63, 3.8) is 0 Å². The summed E-state index contributed by atoms with van der Waals surface area (Å²) in [5.41, 5.74) is 8.01. The number of nitro benzene ring substituents is 1. The monoisotopic (exact) mass is 261 g/mol. The highest BCUT2D eigenvalue weighted by Crippen LogP contribution is 2.26. The van der Waals surface area contributed by atoms with Crippen LogP contribution in [0.5, 0.6) is 0 Å². The van der Waals surface area contributed by atoms with E-state index in [0.717, 1.165) is 0 Å². The third kappa shape index (κ3) is 3.40. The van der Waals surface area contributed by atoms with E-state index in [4.69, 9.17) is 16.4 Å². The molecule has 0 amide bonds. The maximum atomic E-state index is 10.7. The van der Waals surface area contributed by atoms with Gasteiger partial charge in [-0.05, 0) is 6.07 Å². The molecule has 19 heavy (non-hydrogen) atoms. The van der Waals surface area contributed by atoms with Gasteiger partial charge in [0.05, 0.1) is 16.3 Å². The Morgan fingerprint density at radius 3 is 2.74 bits per heavy atom. The predicted molar refractivity (Wildman–Crippen MR) is 71.2 cm³/mol. The van der Waals surface area contributed by atoms with Gasteiger partial charge >= 0.3 is 0 Å². The van der Waals surface area contributed by atoms with Crippen LogP contribution in [-0.4, -0.2) is 23.5 Å². The molecule has 98 valence electrons. The van der Waals surface area contributed by atoms with Crippen molar-refractivity contribution in [1.29, 1.82) is 10.7 Å². The molecule has 0 atom stereocenters. The van der Waals surface area contributed by atoms with E-state index in [9.17, 15) is 10.1 Å². The molecule has 0 saturated heterocycles. The minimum absolute atomic E-state index is 0.127. The molecule has 0 aliphatic heterocycles. The molecule has 9 heteroatoms. The Hall–Kier alpha value is -3.15. The maximum Gasteiger partial charge on any atom is 0.271 e. The summed E-state index contributed by atoms with van der Waals surface area (Å²) in [7, 11) is 1.63. The highest BCUT2D eigenvalue weighted by Gasteiger charge is 2.10. The number of nitrogens with two attached hydrogens (primary N) is 1. The Kier molecular flexibility index (Phi) is 4.37. The van der Waals surface area contributed by atoms with Crippen LogP contribution in [0, 0.1) is 26.9 Å². The van der Waals surface area contributed by atoms with Crippen molar-refractivity contribution in [1.82, 2.24) is 0 Å². The molecule has 0 unspecified atom stereocenters. The molecule has 0 bridgehead atoms. The lowest BCUT2D eigenvalue weighted by molar-refractivity contribution is -0.384. The van der Waals surface area contributed by atoms with Crippen LogP contribution in [0.3, 0.4) is 0 Å². The number of nitrogens with zero attached hydrogens (tertiary/aromatic N) is 3. The third-order valence-corrected chi connectivity index (χ3v) is 2.13. The van der Waals surface area contributed by atoms with Crippen molar-refractivity contribution in [2.24, 2.45) is 10.8 Å². The fourth-order valence-corrected chi connectivity index (χ4v) is 1.22. The summed E-state index contributed by atoms with van der Waals surface area (Å²) in [4.78, 5) is 10.1. The lowest BCUT2D eigenvalue weighted by atomic mass is 10.2. The fourth-order valence-electron chi connectivity index (χ4n) is 1.22. The van der Waals surface area contributed by atoms with Gasteiger partial charge in [0.15, 0.2) is 5.84 Å². The highest BCUT2D eigenvalue weighted by atomic mass is 16.6. The molecule has 0 spiro atoms. The van der Waals surface area contributed by atoms with E-state index in [1.54, 1.807) is 13.1 Å². The SMILES string of the molecule is CNc1ccc([N+](=O)[O-])cc1N/N=C(\C#N)C(=N)N. The molecule has 1 aromatic rings. The molecule has 0 saturated carbocycles. The van der Waals surface area contributed by atoms with Gasteiger partial charge in [-0.2, -0.15) is 10.4 Å². The van der Waals surface area contributed by atoms with E-state index < -0.39 is 10.8 Å². The number of amidine groups is 1. The molecular formula is C10H11N7O2. The second kappa shape index (κ2) is 5.97. The molecule has 0 aliphatic rings. The summed E-state index contributed by atoms with van der Waals surface area (Å²) in [6.45, 7) is 0. The van der Waals surface area contributed by atoms with Crippen molar-refractivity contribution in [2.45, 2.75) is 0 Å². The lowest BCUT2D eigenvalue weighted by Gasteiger charge is -2.08. The Bertz CT molecular complexity index is 588. The summed E-state index contributed by atoms with van der Waals surface area (Å²) < 4.78 is 0. The zero-order valence-corrected chi connectivity index (χ0v) is 9.97. The van der Waals surface area contributed by atoms with Crippen LogP contribution in [0.25, 0.3) is 0 Å². The lowest BCUT2D eigenvalue weighted by Crippen LogP contribution is -2.22. The molecule has 0 radical (unpaired) electrons. The number of hydrogen-bond acceptors (Lipinski definition) is 7. The van der Waals surface area contributed by atoms with Crippen LogP contribution in [-0.2, 0) is 0 Å². The maximum absolute atomic E-state index is 10.7. The molecule has 9 nitrogen and oxygen atoms in total. The Labute approximate surface area is 108 Å². The van der Waals surface area contributed by atoms with Gasteiger partial charge in [-0.15, -0.1) is 0 Å². The van der Waals surface area contributed by atoms with E-state index in [0.29, 0.717) is 11.4 Å². The van der Waals surface area contributed by atoms with E-state index >= 15 is 0 Å². The summed E-state index contributed by atoms with van der Waals surface area (Å²) in [5.74, 6) is -0.494. The van der Waals surface area contributed by atoms with Gasteiger partial charge in [0.1, 0.15) is 6.07 Å². The van der Waals surface area contributed by atoms with Crippen LogP contribution in [0.4, 0.5) is 17.1 Å². The highest BCUT2D eigenvalue weighted by molar-refractivity contribution is 6.45. The molecular weight excluding hydrogens is 250 g/mol. The number of benzene rings is 1. The molecule has 5 N–H and O–H groups in total. The van der Waals surface area contributed by atoms with Crippen molar-refractivity contribution in [3.8, 4) is 6.07 Å². The number of nitriles is 1. The van der Waals surface area contributed by atoms with E-state index in [1.165, 1.54) is 18.2 Å². The zero-order chi connectivity index (χ0) is 14.4. The second-order valence-electron chi connectivity index (χ2n) is 3.33. The van der Waals surface area contributed by atoms with Gasteiger partial charge < -0.3 is 11.1 Å². The number of non-ortho nitro benzene ring substituents is 1. The topological polar surface area (TPSA) is 153 Å². The van der Waals surface area contributed by atoms with Crippen molar-refractivity contribution in [3.05, 3.63) is 28.3 Å². The normalized spacial score (nSPS) is 10.4. The molecule has 1 rings (SSSR count). The Morgan fingerprint density at radius 1 is 1.58 bits per heavy atom. The average molecular weight is 261 g/mol. The number of anilines is 2. The quantitative estimate of drug-likeness (QED) is 0.267. The molecule has 0 aromatic heterocycles. The van der Waals surface area contributed by atoms with Crippen molar-refractivity contribution in [2.75, 3.05) is 17.8 Å². The summed E-state index contributed by atoms with van der Waals surface area (Å²) in [6, 6.07) is 5.71. The standard InChI is InChI=1S/C10H11N7O2/c1-14-7-3-2-6(17(18)19)4-8(7)15-16-9(5-11)10(12)13/h2-4,14-15H,1H3,(H3,12,13)/b16-9+. The van der Waals surface area contributed by atoms with Crippen LogP contribution in [0.15, 0.2) is 23.3 Å². The molecule has 1 aromatic carbocycles. The Morgan fingerprint density at radius 2 is 2.26 bits per heavy atom. The summed E-state index contributed by atoms with van der Waals surface area (Å²) in [5, 5.41) is 32.9. The number of nitrogens with one attached hydrogen (secondary N) is 3. The smallest absolute Gasteiger partial charge is 0.271 e. The van der Waals surface area contributed by atoms with Gasteiger partial charge in [-0.1, -0.05) is 0 Å². The van der Waals surface area contributed by atoms with Crippen LogP contribution in [0.2, 0.25) is 0 Å². The minimum Gasteiger partial charge on any atom is -0.386 e. The Balaban J connectivity index is 3.12. The first kappa shape index (κ1) is 13.9. The molecule has 0 heterocycles. The van der Waals surface area contributed by atoms with Gasteiger partial charge in [-0.25, -0.2) is 0 Å². The third-order valence-electron chi connectivity index (χ3n) is 2.13. The largest absolute Gasteiger partial charge is 0.386 e. The van der Waals surface area contributed by atoms with Crippen LogP contribution in [0.1, 0.15) is 0 Å². The van der Waals surface area contributed by atoms with Crippen molar-refractivity contribution >= 4 is 28.6 Å². The van der Waals surface area contributed by atoms with Gasteiger partial charge in [0.2, 0.25) is 5.71 Å².